The predicted molar refractivity (Wildman–Crippen MR) is 250 cm³/mol. The Morgan fingerprint density at radius 3 is 2.16 bits per heavy atom. The fourth-order valence-corrected chi connectivity index (χ4v) is 10.2. The number of aliphatic carboxylic acids is 1. The molecule has 2 fully saturated rings. The Morgan fingerprint density at radius 1 is 0.868 bits per heavy atom. The molecule has 9 rings (SSSR count). The Kier molecular flexibility index (Phi) is 13.9. The van der Waals surface area contributed by atoms with E-state index in [0.29, 0.717) is 33.6 Å². The number of carbonyl (C=O) groups excluding carboxylic acids is 1. The summed E-state index contributed by atoms with van der Waals surface area (Å²) >= 11 is 8.00. The number of piperidine rings is 1. The number of carboxylic acids is 1. The molecule has 358 valence electrons. The number of rotatable bonds is 9. The third-order valence-electron chi connectivity index (χ3n) is 12.7. The van der Waals surface area contributed by atoms with E-state index in [2.05, 4.69) is 48.6 Å². The number of phenolic OH excluding ortho intramolecular Hbond substituents is 2. The first-order valence-corrected chi connectivity index (χ1v) is 23.2. The van der Waals surface area contributed by atoms with E-state index in [-0.39, 0.29) is 29.7 Å². The number of carboxylic acid groups (broad SMARTS) is 1. The summed E-state index contributed by atoms with van der Waals surface area (Å²) in [5.41, 5.74) is 6.31. The lowest BCUT2D eigenvalue weighted by Crippen LogP contribution is -2.48. The lowest BCUT2D eigenvalue weighted by Gasteiger charge is -2.39. The number of amides is 1. The van der Waals surface area contributed by atoms with Crippen molar-refractivity contribution in [3.05, 3.63) is 121 Å². The summed E-state index contributed by atoms with van der Waals surface area (Å²) in [5, 5.41) is 45.0. The molecule has 0 saturated carbocycles. The zero-order valence-corrected chi connectivity index (χ0v) is 39.3. The standard InChI is InChI=1S/C45H49ClN10O4S.C2HF3O2/c1-26-21-35(38(58)23-37(26)57)42-49-51-45(60)56(42)34-11-5-30(6-12-34)24-52-17-19-53(20-18-52)25-31-13-15-54(16-14-31)39(59)22-36-43-50-48-29(4)55(43)44-40(27(2)28(3)61-44)41(47-36)32-7-9-33(46)10-8-32;3-2(4,5)1(6)7/h5-12,21,23,31,36,57-58H,13-20,22,24-25H2,1-4H3,(H,51,60);(H,6,7)/t36-;/m0./s1. The molecule has 2 saturated heterocycles. The van der Waals surface area contributed by atoms with Crippen LogP contribution < -0.4 is 5.69 Å². The molecule has 68 heavy (non-hydrogen) atoms. The van der Waals surface area contributed by atoms with Gasteiger partial charge in [0.25, 0.3) is 0 Å². The number of H-pyrrole nitrogens is 1. The molecule has 0 aliphatic carbocycles. The Hall–Kier alpha value is -6.35. The molecule has 6 heterocycles. The molecule has 0 radical (unpaired) electrons. The Morgan fingerprint density at radius 2 is 1.51 bits per heavy atom. The van der Waals surface area contributed by atoms with Crippen molar-refractivity contribution in [1.29, 1.82) is 0 Å². The summed E-state index contributed by atoms with van der Waals surface area (Å²) in [6, 6.07) is 18.0. The molecule has 3 aliphatic heterocycles. The number of aromatic nitrogens is 6. The quantitative estimate of drug-likeness (QED) is 0.115. The first-order valence-electron chi connectivity index (χ1n) is 22.0. The first kappa shape index (κ1) is 48.1. The van der Waals surface area contributed by atoms with Gasteiger partial charge in [0.05, 0.1) is 23.4 Å². The van der Waals surface area contributed by atoms with Crippen LogP contribution in [0.4, 0.5) is 13.2 Å². The van der Waals surface area contributed by atoms with Gasteiger partial charge in [-0.05, 0) is 93.5 Å². The van der Waals surface area contributed by atoms with Crippen molar-refractivity contribution in [3.8, 4) is 33.6 Å². The van der Waals surface area contributed by atoms with Crippen LogP contribution in [0.2, 0.25) is 5.02 Å². The van der Waals surface area contributed by atoms with Crippen LogP contribution in [0, 0.1) is 33.6 Å². The van der Waals surface area contributed by atoms with Gasteiger partial charge in [-0.2, -0.15) is 18.3 Å². The number of alkyl halides is 3. The van der Waals surface area contributed by atoms with Crippen LogP contribution in [0.1, 0.15) is 69.6 Å². The molecular formula is C47H50ClF3N10O6S. The number of nitrogens with one attached hydrogen (secondary N) is 1. The number of aromatic hydroxyl groups is 2. The molecule has 0 unspecified atom stereocenters. The van der Waals surface area contributed by atoms with Crippen molar-refractivity contribution in [1.82, 2.24) is 44.2 Å². The third kappa shape index (κ3) is 10.2. The number of phenols is 2. The predicted octanol–water partition coefficient (Wildman–Crippen LogP) is 7.14. The van der Waals surface area contributed by atoms with E-state index >= 15 is 0 Å². The van der Waals surface area contributed by atoms with Crippen LogP contribution in [0.3, 0.4) is 0 Å². The fourth-order valence-electron chi connectivity index (χ4n) is 8.88. The van der Waals surface area contributed by atoms with Gasteiger partial charge in [-0.1, -0.05) is 35.9 Å². The highest BCUT2D eigenvalue weighted by molar-refractivity contribution is 7.15. The van der Waals surface area contributed by atoms with Gasteiger partial charge in [-0.3, -0.25) is 19.3 Å². The van der Waals surface area contributed by atoms with Crippen molar-refractivity contribution in [3.63, 3.8) is 0 Å². The molecular weight excluding hydrogens is 925 g/mol. The summed E-state index contributed by atoms with van der Waals surface area (Å²) in [7, 11) is 0. The molecule has 4 N–H and O–H groups in total. The van der Waals surface area contributed by atoms with Gasteiger partial charge >= 0.3 is 17.8 Å². The highest BCUT2D eigenvalue weighted by Gasteiger charge is 2.38. The molecule has 3 aliphatic rings. The van der Waals surface area contributed by atoms with Crippen LogP contribution in [0.5, 0.6) is 11.5 Å². The second kappa shape index (κ2) is 19.7. The van der Waals surface area contributed by atoms with Gasteiger partial charge in [-0.25, -0.2) is 19.3 Å². The normalized spacial score (nSPS) is 16.9. The number of aryl methyl sites for hydroxylation is 3. The maximum atomic E-state index is 14.0. The van der Waals surface area contributed by atoms with Gasteiger partial charge in [0.15, 0.2) is 11.6 Å². The number of carbonyl (C=O) groups is 2. The van der Waals surface area contributed by atoms with Crippen LogP contribution in [0.15, 0.2) is 70.5 Å². The SMILES string of the molecule is Cc1cc(-c2n[nH]c(=O)n2-c2ccc(CN3CCN(CC4CCN(C(=O)C[C@@H]5N=C(c6ccc(Cl)cc6)c6c(sc(C)c6C)-n6c(C)nnc65)CC4)CC3)cc2)c(O)cc1O.O=C(O)C(F)(F)F. The molecule has 1 atom stereocenters. The highest BCUT2D eigenvalue weighted by atomic mass is 35.5. The fraction of sp³-hybridized carbons (Fsp3) is 0.383. The zero-order chi connectivity index (χ0) is 48.6. The van der Waals surface area contributed by atoms with Crippen molar-refractivity contribution in [2.24, 2.45) is 10.9 Å². The van der Waals surface area contributed by atoms with Gasteiger partial charge < -0.3 is 25.1 Å². The van der Waals surface area contributed by atoms with E-state index in [0.717, 1.165) is 98.4 Å². The number of aromatic amines is 1. The number of halogens is 4. The second-order valence-electron chi connectivity index (χ2n) is 17.3. The third-order valence-corrected chi connectivity index (χ3v) is 14.2. The summed E-state index contributed by atoms with van der Waals surface area (Å²) in [4.78, 5) is 49.3. The lowest BCUT2D eigenvalue weighted by atomic mass is 9.95. The number of likely N-dealkylation sites (tertiary alicyclic amines) is 1. The van der Waals surface area contributed by atoms with Gasteiger partial charge in [0.2, 0.25) is 5.91 Å². The summed E-state index contributed by atoms with van der Waals surface area (Å²) in [6.07, 6.45) is -2.91. The number of aliphatic imine (C=N–C) groups is 1. The topological polar surface area (TPSA) is 198 Å². The minimum absolute atomic E-state index is 0.0290. The summed E-state index contributed by atoms with van der Waals surface area (Å²) < 4.78 is 35.3. The van der Waals surface area contributed by atoms with E-state index < -0.39 is 23.9 Å². The van der Waals surface area contributed by atoms with Crippen molar-refractivity contribution in [2.45, 2.75) is 65.7 Å². The average molecular weight is 975 g/mol. The molecule has 3 aromatic heterocycles. The summed E-state index contributed by atoms with van der Waals surface area (Å²) in [5.74, 6) is -0.566. The maximum absolute atomic E-state index is 14.0. The van der Waals surface area contributed by atoms with Gasteiger partial charge in [0.1, 0.15) is 28.4 Å². The monoisotopic (exact) mass is 974 g/mol. The molecule has 6 aromatic rings. The van der Waals surface area contributed by atoms with Crippen LogP contribution >= 0.6 is 22.9 Å². The second-order valence-corrected chi connectivity index (χ2v) is 19.0. The molecule has 16 nitrogen and oxygen atoms in total. The van der Waals surface area contributed by atoms with E-state index in [4.69, 9.17) is 26.5 Å². The number of piperazine rings is 1. The maximum Gasteiger partial charge on any atom is 0.490 e. The number of hydrogen-bond donors (Lipinski definition) is 4. The van der Waals surface area contributed by atoms with E-state index in [1.54, 1.807) is 24.3 Å². The molecule has 1 amide bonds. The number of fused-ring (bicyclic) bond motifs is 3. The average Bonchev–Trinajstić information content (AvgIpc) is 3.95. The zero-order valence-electron chi connectivity index (χ0n) is 37.7. The molecule has 21 heteroatoms. The lowest BCUT2D eigenvalue weighted by molar-refractivity contribution is -0.192. The largest absolute Gasteiger partial charge is 0.508 e. The Labute approximate surface area is 398 Å². The van der Waals surface area contributed by atoms with Crippen LogP contribution in [-0.2, 0) is 16.1 Å². The van der Waals surface area contributed by atoms with Crippen LogP contribution in [-0.4, -0.2) is 129 Å². The van der Waals surface area contributed by atoms with Gasteiger partial charge in [-0.15, -0.1) is 21.5 Å². The molecule has 0 spiro atoms. The van der Waals surface area contributed by atoms with E-state index in [9.17, 15) is 33.0 Å². The number of benzene rings is 3. The van der Waals surface area contributed by atoms with E-state index in [1.165, 1.54) is 21.1 Å². The number of thiophene rings is 1. The van der Waals surface area contributed by atoms with Gasteiger partial charge in [0, 0.05) is 79.5 Å². The minimum atomic E-state index is -5.08. The number of hydrogen-bond acceptors (Lipinski definition) is 12. The van der Waals surface area contributed by atoms with Crippen molar-refractivity contribution < 1.29 is 38.1 Å². The van der Waals surface area contributed by atoms with Crippen LogP contribution in [0.25, 0.3) is 22.1 Å². The minimum Gasteiger partial charge on any atom is -0.508 e. The number of nitrogens with zero attached hydrogens (tertiary/aromatic N) is 9. The molecule has 0 bridgehead atoms. The first-order chi connectivity index (χ1) is 32.4. The summed E-state index contributed by atoms with van der Waals surface area (Å²) in [6.45, 7) is 15.1. The Bertz CT molecular complexity index is 2910. The van der Waals surface area contributed by atoms with Crippen molar-refractivity contribution in [2.75, 3.05) is 45.8 Å². The highest BCUT2D eigenvalue weighted by Crippen LogP contribution is 2.40. The smallest absolute Gasteiger partial charge is 0.490 e. The van der Waals surface area contributed by atoms with Crippen molar-refractivity contribution >= 4 is 40.5 Å². The Balaban J connectivity index is 0.000000830. The van der Waals surface area contributed by atoms with E-state index in [1.807, 2.05) is 60.4 Å². The molecule has 3 aromatic carbocycles.